The van der Waals surface area contributed by atoms with Crippen molar-refractivity contribution in [3.05, 3.63) is 28.5 Å². The van der Waals surface area contributed by atoms with Gasteiger partial charge in [0, 0.05) is 35.5 Å². The van der Waals surface area contributed by atoms with Crippen LogP contribution in [0.15, 0.2) is 22.9 Å². The van der Waals surface area contributed by atoms with Gasteiger partial charge in [-0.05, 0) is 60.4 Å². The lowest BCUT2D eigenvalue weighted by Crippen LogP contribution is -2.54. The van der Waals surface area contributed by atoms with Crippen LogP contribution in [0.4, 0.5) is 0 Å². The summed E-state index contributed by atoms with van der Waals surface area (Å²) in [5, 5.41) is 3.64. The van der Waals surface area contributed by atoms with Gasteiger partial charge in [-0.25, -0.2) is 0 Å². The number of likely N-dealkylation sites (N-methyl/N-ethyl adjacent to an activating group) is 1. The van der Waals surface area contributed by atoms with Crippen LogP contribution in [0.3, 0.4) is 0 Å². The molecule has 2 unspecified atom stereocenters. The van der Waals surface area contributed by atoms with E-state index in [4.69, 9.17) is 0 Å². The molecule has 0 aromatic carbocycles. The Morgan fingerprint density at radius 1 is 1.45 bits per heavy atom. The Morgan fingerprint density at radius 3 is 2.90 bits per heavy atom. The summed E-state index contributed by atoms with van der Waals surface area (Å²) in [6, 6.07) is 2.13. The Labute approximate surface area is 131 Å². The lowest BCUT2D eigenvalue weighted by atomic mass is 9.75. The van der Waals surface area contributed by atoms with Crippen LogP contribution in [0, 0.1) is 5.92 Å². The highest BCUT2D eigenvalue weighted by Gasteiger charge is 2.36. The van der Waals surface area contributed by atoms with Crippen molar-refractivity contribution in [3.8, 4) is 0 Å². The fraction of sp³-hybridized carbons (Fsp3) is 0.688. The van der Waals surface area contributed by atoms with Crippen LogP contribution < -0.4 is 5.32 Å². The molecule has 1 aliphatic carbocycles. The van der Waals surface area contributed by atoms with E-state index < -0.39 is 0 Å². The second-order valence-electron chi connectivity index (χ2n) is 6.44. The normalized spacial score (nSPS) is 26.9. The summed E-state index contributed by atoms with van der Waals surface area (Å²) < 4.78 is 1.05. The van der Waals surface area contributed by atoms with Crippen molar-refractivity contribution in [3.63, 3.8) is 0 Å². The molecule has 2 atom stereocenters. The van der Waals surface area contributed by atoms with E-state index in [0.717, 1.165) is 23.5 Å². The Hall–Kier alpha value is -0.450. The van der Waals surface area contributed by atoms with Crippen LogP contribution in [-0.4, -0.2) is 36.1 Å². The third-order valence-corrected chi connectivity index (χ3v) is 4.99. The van der Waals surface area contributed by atoms with Crippen molar-refractivity contribution in [2.24, 2.45) is 5.92 Å². The monoisotopic (exact) mass is 339 g/mol. The number of aromatic nitrogens is 1. The average molecular weight is 340 g/mol. The van der Waals surface area contributed by atoms with E-state index in [1.54, 1.807) is 0 Å². The van der Waals surface area contributed by atoms with Gasteiger partial charge in [-0.2, -0.15) is 0 Å². The van der Waals surface area contributed by atoms with Crippen LogP contribution in [0.5, 0.6) is 0 Å². The van der Waals surface area contributed by atoms with Gasteiger partial charge in [0.1, 0.15) is 0 Å². The number of hydrogen-bond donors (Lipinski definition) is 1. The van der Waals surface area contributed by atoms with Gasteiger partial charge in [-0.1, -0.05) is 19.8 Å². The van der Waals surface area contributed by atoms with Gasteiger partial charge in [0.15, 0.2) is 0 Å². The second kappa shape index (κ2) is 7.01. The van der Waals surface area contributed by atoms with Gasteiger partial charge < -0.3 is 10.2 Å². The van der Waals surface area contributed by atoms with E-state index in [0.29, 0.717) is 5.54 Å². The highest BCUT2D eigenvalue weighted by Crippen LogP contribution is 2.35. The molecule has 0 aliphatic heterocycles. The summed E-state index contributed by atoms with van der Waals surface area (Å²) in [5.74, 6) is 0.834. The molecule has 1 N–H and O–H groups in total. The molecule has 3 nitrogen and oxygen atoms in total. The third kappa shape index (κ3) is 4.03. The quantitative estimate of drug-likeness (QED) is 0.890. The average Bonchev–Trinajstić information content (AvgIpc) is 2.38. The highest BCUT2D eigenvalue weighted by molar-refractivity contribution is 9.10. The molecule has 1 aliphatic rings. The maximum atomic E-state index is 4.22. The molecular weight excluding hydrogens is 314 g/mol. The van der Waals surface area contributed by atoms with E-state index in [-0.39, 0.29) is 0 Å². The Morgan fingerprint density at radius 2 is 2.25 bits per heavy atom. The molecule has 0 spiro atoms. The van der Waals surface area contributed by atoms with Crippen molar-refractivity contribution in [1.82, 2.24) is 15.2 Å². The number of nitrogens with one attached hydrogen (secondary N) is 1. The van der Waals surface area contributed by atoms with Gasteiger partial charge in [-0.3, -0.25) is 4.98 Å². The Kier molecular flexibility index (Phi) is 5.58. The van der Waals surface area contributed by atoms with E-state index in [9.17, 15) is 0 Å². The molecule has 0 radical (unpaired) electrons. The summed E-state index contributed by atoms with van der Waals surface area (Å²) in [6.45, 7) is 4.32. The number of pyridine rings is 1. The van der Waals surface area contributed by atoms with Gasteiger partial charge in [0.05, 0.1) is 0 Å². The van der Waals surface area contributed by atoms with Gasteiger partial charge in [0.25, 0.3) is 0 Å². The summed E-state index contributed by atoms with van der Waals surface area (Å²) in [7, 11) is 4.45. The molecular formula is C16H26BrN3. The number of nitrogens with zero attached hydrogens (tertiary/aromatic N) is 2. The zero-order chi connectivity index (χ0) is 14.6. The lowest BCUT2D eigenvalue weighted by Gasteiger charge is -2.45. The summed E-state index contributed by atoms with van der Waals surface area (Å²) in [6.07, 6.45) is 9.08. The molecule has 0 amide bonds. The van der Waals surface area contributed by atoms with E-state index in [2.05, 4.69) is 58.2 Å². The zero-order valence-electron chi connectivity index (χ0n) is 12.8. The van der Waals surface area contributed by atoms with Crippen molar-refractivity contribution >= 4 is 15.9 Å². The fourth-order valence-electron chi connectivity index (χ4n) is 3.35. The van der Waals surface area contributed by atoms with Gasteiger partial charge >= 0.3 is 0 Å². The van der Waals surface area contributed by atoms with Gasteiger partial charge in [0.2, 0.25) is 0 Å². The van der Waals surface area contributed by atoms with Crippen LogP contribution in [0.25, 0.3) is 0 Å². The minimum absolute atomic E-state index is 0.317. The van der Waals surface area contributed by atoms with Crippen LogP contribution in [-0.2, 0) is 6.54 Å². The minimum Gasteiger partial charge on any atom is -0.311 e. The van der Waals surface area contributed by atoms with Crippen LogP contribution in [0.2, 0.25) is 0 Å². The summed E-state index contributed by atoms with van der Waals surface area (Å²) >= 11 is 3.47. The molecule has 1 aromatic heterocycles. The molecule has 0 bridgehead atoms. The molecule has 1 aromatic rings. The van der Waals surface area contributed by atoms with Crippen molar-refractivity contribution < 1.29 is 0 Å². The predicted molar refractivity (Wildman–Crippen MR) is 87.7 cm³/mol. The first-order valence-corrected chi connectivity index (χ1v) is 8.29. The van der Waals surface area contributed by atoms with Crippen molar-refractivity contribution in [2.45, 2.75) is 44.7 Å². The number of hydrogen-bond acceptors (Lipinski definition) is 3. The maximum Gasteiger partial charge on any atom is 0.0410 e. The fourth-order valence-corrected chi connectivity index (χ4v) is 3.76. The second-order valence-corrected chi connectivity index (χ2v) is 7.35. The largest absolute Gasteiger partial charge is 0.311 e. The van der Waals surface area contributed by atoms with E-state index >= 15 is 0 Å². The van der Waals surface area contributed by atoms with Crippen LogP contribution in [0.1, 0.15) is 38.2 Å². The van der Waals surface area contributed by atoms with Crippen LogP contribution >= 0.6 is 15.9 Å². The lowest BCUT2D eigenvalue weighted by molar-refractivity contribution is 0.0749. The highest BCUT2D eigenvalue weighted by atomic mass is 79.9. The molecule has 1 fully saturated rings. The van der Waals surface area contributed by atoms with Crippen molar-refractivity contribution in [2.75, 3.05) is 20.6 Å². The smallest absolute Gasteiger partial charge is 0.0410 e. The Balaban J connectivity index is 1.93. The molecule has 1 saturated carbocycles. The number of rotatable bonds is 5. The zero-order valence-corrected chi connectivity index (χ0v) is 14.4. The molecule has 4 heteroatoms. The van der Waals surface area contributed by atoms with E-state index in [1.807, 2.05) is 12.4 Å². The van der Waals surface area contributed by atoms with Crippen molar-refractivity contribution in [1.29, 1.82) is 0 Å². The molecule has 20 heavy (non-hydrogen) atoms. The number of halogens is 1. The standard InChI is InChI=1S/C16H26BrN3/c1-13-5-4-6-16(8-13,20(2)3)12-19-10-14-7-15(17)11-18-9-14/h7,9,11,13,19H,4-6,8,10,12H2,1-3H3. The first kappa shape index (κ1) is 15.9. The first-order valence-electron chi connectivity index (χ1n) is 7.49. The molecule has 112 valence electrons. The Bertz CT molecular complexity index is 435. The maximum absolute atomic E-state index is 4.22. The summed E-state index contributed by atoms with van der Waals surface area (Å²) in [5.41, 5.74) is 1.55. The first-order chi connectivity index (χ1) is 9.52. The predicted octanol–water partition coefficient (Wildman–Crippen LogP) is 3.44. The van der Waals surface area contributed by atoms with E-state index in [1.165, 1.54) is 31.2 Å². The third-order valence-electron chi connectivity index (χ3n) is 4.56. The van der Waals surface area contributed by atoms with Gasteiger partial charge in [-0.15, -0.1) is 0 Å². The molecule has 1 heterocycles. The SMILES string of the molecule is CC1CCCC(CNCc2cncc(Br)c2)(N(C)C)C1. The molecule has 2 rings (SSSR count). The topological polar surface area (TPSA) is 28.2 Å². The molecule has 0 saturated heterocycles. The minimum atomic E-state index is 0.317. The summed E-state index contributed by atoms with van der Waals surface area (Å²) in [4.78, 5) is 6.64.